The number of pyridine rings is 1. The van der Waals surface area contributed by atoms with Crippen LogP contribution in [0.5, 0.6) is 5.75 Å². The van der Waals surface area contributed by atoms with Gasteiger partial charge in [0.05, 0.1) is 5.52 Å². The first-order valence-electron chi connectivity index (χ1n) is 14.1. The number of ether oxygens (including phenoxy) is 1. The molecule has 37 heavy (non-hydrogen) atoms. The van der Waals surface area contributed by atoms with Gasteiger partial charge in [-0.1, -0.05) is 44.5 Å². The van der Waals surface area contributed by atoms with E-state index in [1.807, 2.05) is 30.3 Å². The van der Waals surface area contributed by atoms with Gasteiger partial charge in [-0.05, 0) is 79.3 Å². The van der Waals surface area contributed by atoms with Gasteiger partial charge in [0.1, 0.15) is 12.4 Å². The number of carbonyl (C=O) groups excluding carboxylic acids is 1. The Morgan fingerprint density at radius 3 is 2.68 bits per heavy atom. The number of fused-ring (bicyclic) bond motifs is 2. The number of benzene rings is 2. The minimum Gasteiger partial charge on any atom is -0.492 e. The molecule has 0 radical (unpaired) electrons. The van der Waals surface area contributed by atoms with Gasteiger partial charge < -0.3 is 9.64 Å². The van der Waals surface area contributed by atoms with Crippen molar-refractivity contribution in [2.45, 2.75) is 52.4 Å². The van der Waals surface area contributed by atoms with E-state index in [2.05, 4.69) is 52.9 Å². The molecule has 0 bridgehead atoms. The van der Waals surface area contributed by atoms with Gasteiger partial charge in [0.2, 0.25) is 0 Å². The molecule has 0 N–H and O–H groups in total. The lowest BCUT2D eigenvalue weighted by atomic mass is 9.73. The van der Waals surface area contributed by atoms with Crippen molar-refractivity contribution in [2.75, 3.05) is 39.3 Å². The molecule has 5 heteroatoms. The summed E-state index contributed by atoms with van der Waals surface area (Å²) < 4.78 is 6.28. The summed E-state index contributed by atoms with van der Waals surface area (Å²) in [7, 11) is 0. The van der Waals surface area contributed by atoms with Crippen LogP contribution in [-0.4, -0.2) is 60.0 Å². The Labute approximate surface area is 221 Å². The topological polar surface area (TPSA) is 45.7 Å². The number of nitrogens with zero attached hydrogens (tertiary/aromatic N) is 3. The van der Waals surface area contributed by atoms with E-state index in [4.69, 9.17) is 4.74 Å². The van der Waals surface area contributed by atoms with Gasteiger partial charge in [0.15, 0.2) is 0 Å². The molecule has 5 rings (SSSR count). The molecule has 0 unspecified atom stereocenters. The summed E-state index contributed by atoms with van der Waals surface area (Å²) >= 11 is 0. The quantitative estimate of drug-likeness (QED) is 0.429. The van der Waals surface area contributed by atoms with E-state index in [0.717, 1.165) is 80.8 Å². The molecule has 196 valence electrons. The molecule has 1 fully saturated rings. The van der Waals surface area contributed by atoms with Crippen LogP contribution >= 0.6 is 0 Å². The van der Waals surface area contributed by atoms with Gasteiger partial charge in [-0.15, -0.1) is 0 Å². The molecular weight excluding hydrogens is 458 g/mol. The average molecular weight is 500 g/mol. The zero-order chi connectivity index (χ0) is 25.7. The number of piperidine rings is 1. The highest BCUT2D eigenvalue weighted by atomic mass is 16.5. The van der Waals surface area contributed by atoms with Crippen LogP contribution in [0.25, 0.3) is 10.9 Å². The Balaban J connectivity index is 1.29. The van der Waals surface area contributed by atoms with Gasteiger partial charge in [-0.25, -0.2) is 0 Å². The Kier molecular flexibility index (Phi) is 8.09. The van der Waals surface area contributed by atoms with Gasteiger partial charge in [-0.2, -0.15) is 0 Å². The molecule has 1 amide bonds. The highest BCUT2D eigenvalue weighted by molar-refractivity contribution is 5.98. The minimum absolute atomic E-state index is 0.151. The Hall–Kier alpha value is -2.92. The fourth-order valence-corrected chi connectivity index (χ4v) is 6.24. The maximum absolute atomic E-state index is 13.4. The van der Waals surface area contributed by atoms with Crippen LogP contribution in [0.1, 0.15) is 61.9 Å². The summed E-state index contributed by atoms with van der Waals surface area (Å²) in [5.74, 6) is 1.82. The molecule has 1 saturated heterocycles. The van der Waals surface area contributed by atoms with E-state index in [-0.39, 0.29) is 11.3 Å². The number of para-hydroxylation sites is 1. The van der Waals surface area contributed by atoms with E-state index in [1.165, 1.54) is 24.8 Å². The van der Waals surface area contributed by atoms with Crippen LogP contribution in [-0.2, 0) is 6.42 Å². The predicted molar refractivity (Wildman–Crippen MR) is 150 cm³/mol. The first-order chi connectivity index (χ1) is 18.0. The summed E-state index contributed by atoms with van der Waals surface area (Å²) in [5, 5.41) is 1.02. The Morgan fingerprint density at radius 1 is 1.00 bits per heavy atom. The summed E-state index contributed by atoms with van der Waals surface area (Å²) in [6.07, 6.45) is 8.64. The molecule has 1 spiro atoms. The van der Waals surface area contributed by atoms with Gasteiger partial charge in [0.25, 0.3) is 5.91 Å². The van der Waals surface area contributed by atoms with E-state index < -0.39 is 0 Å². The molecule has 2 aliphatic heterocycles. The summed E-state index contributed by atoms with van der Waals surface area (Å²) in [5.41, 5.74) is 3.30. The highest BCUT2D eigenvalue weighted by Gasteiger charge is 2.37. The minimum atomic E-state index is 0.151. The molecule has 1 aromatic heterocycles. The summed E-state index contributed by atoms with van der Waals surface area (Å²) in [4.78, 5) is 22.5. The molecular formula is C32H41N3O2. The van der Waals surface area contributed by atoms with Crippen LogP contribution < -0.4 is 4.74 Å². The molecule has 5 nitrogen and oxygen atoms in total. The van der Waals surface area contributed by atoms with Crippen molar-refractivity contribution in [3.05, 3.63) is 71.9 Å². The number of rotatable bonds is 3. The molecule has 2 aromatic carbocycles. The zero-order valence-electron chi connectivity index (χ0n) is 22.5. The highest BCUT2D eigenvalue weighted by Crippen LogP contribution is 2.39. The third kappa shape index (κ3) is 6.32. The molecule has 0 saturated carbocycles. The van der Waals surface area contributed by atoms with Crippen molar-refractivity contribution in [1.29, 1.82) is 0 Å². The number of hydrogen-bond acceptors (Lipinski definition) is 4. The fourth-order valence-electron chi connectivity index (χ4n) is 6.24. The number of carbonyl (C=O) groups is 1. The number of amides is 1. The number of likely N-dealkylation sites (tertiary alicyclic amines) is 1. The van der Waals surface area contributed by atoms with Crippen molar-refractivity contribution < 1.29 is 9.53 Å². The van der Waals surface area contributed by atoms with Crippen LogP contribution in [0, 0.1) is 11.3 Å². The zero-order valence-corrected chi connectivity index (χ0v) is 22.5. The maximum Gasteiger partial charge on any atom is 0.253 e. The van der Waals surface area contributed by atoms with Crippen molar-refractivity contribution in [3.8, 4) is 5.75 Å². The standard InChI is InChI=1S/C32H41N3O2/c1-25(2)23-34-20-21-37-30-11-4-3-8-26(30)9-5-6-14-32(24-34)15-18-35(19-16-32)31(36)28-12-13-29-27(22-28)10-7-17-33-29/h3-4,7-8,10-13,17,22,25H,5-6,9,14-16,18-21,23-24H2,1-2H3. The maximum atomic E-state index is 13.4. The second kappa shape index (κ2) is 11.6. The molecule has 0 atom stereocenters. The van der Waals surface area contributed by atoms with Gasteiger partial charge in [0, 0.05) is 49.9 Å². The normalized spacial score (nSPS) is 19.2. The molecule has 3 aromatic rings. The monoisotopic (exact) mass is 499 g/mol. The number of aromatic nitrogens is 1. The SMILES string of the molecule is CC(C)CN1CCOc2ccccc2CCCCC2(CCN(C(=O)c3ccc4ncccc4c3)CC2)C1. The average Bonchev–Trinajstić information content (AvgIpc) is 2.90. The van der Waals surface area contributed by atoms with Crippen molar-refractivity contribution in [3.63, 3.8) is 0 Å². The third-order valence-electron chi connectivity index (χ3n) is 8.18. The van der Waals surface area contributed by atoms with Crippen molar-refractivity contribution in [2.24, 2.45) is 11.3 Å². The van der Waals surface area contributed by atoms with Crippen LogP contribution in [0.15, 0.2) is 60.8 Å². The van der Waals surface area contributed by atoms with E-state index in [9.17, 15) is 4.79 Å². The van der Waals surface area contributed by atoms with Crippen molar-refractivity contribution in [1.82, 2.24) is 14.8 Å². The largest absolute Gasteiger partial charge is 0.492 e. The van der Waals surface area contributed by atoms with Crippen LogP contribution in [0.2, 0.25) is 0 Å². The summed E-state index contributed by atoms with van der Waals surface area (Å²) in [6.45, 7) is 10.1. The van der Waals surface area contributed by atoms with E-state index in [0.29, 0.717) is 5.92 Å². The van der Waals surface area contributed by atoms with Crippen LogP contribution in [0.3, 0.4) is 0 Å². The Bertz CT molecular complexity index is 1200. The second-order valence-corrected chi connectivity index (χ2v) is 11.5. The lowest BCUT2D eigenvalue weighted by molar-refractivity contribution is 0.0355. The first-order valence-corrected chi connectivity index (χ1v) is 14.1. The summed E-state index contributed by atoms with van der Waals surface area (Å²) in [6, 6.07) is 18.4. The van der Waals surface area contributed by atoms with E-state index >= 15 is 0 Å². The lowest BCUT2D eigenvalue weighted by Gasteiger charge is -2.45. The van der Waals surface area contributed by atoms with E-state index in [1.54, 1.807) is 6.20 Å². The molecule has 2 aliphatic rings. The number of aryl methyl sites for hydroxylation is 1. The Morgan fingerprint density at radius 2 is 1.84 bits per heavy atom. The van der Waals surface area contributed by atoms with Crippen molar-refractivity contribution >= 4 is 16.8 Å². The molecule has 3 heterocycles. The van der Waals surface area contributed by atoms with Gasteiger partial charge >= 0.3 is 0 Å². The number of hydrogen-bond donors (Lipinski definition) is 0. The fraction of sp³-hybridized carbons (Fsp3) is 0.500. The lowest BCUT2D eigenvalue weighted by Crippen LogP contribution is -2.49. The first kappa shape index (κ1) is 25.7. The predicted octanol–water partition coefficient (Wildman–Crippen LogP) is 6.22. The second-order valence-electron chi connectivity index (χ2n) is 11.5. The van der Waals surface area contributed by atoms with Gasteiger partial charge in [-0.3, -0.25) is 14.7 Å². The molecule has 0 aliphatic carbocycles. The smallest absolute Gasteiger partial charge is 0.253 e. The van der Waals surface area contributed by atoms with Crippen LogP contribution in [0.4, 0.5) is 0 Å². The third-order valence-corrected chi connectivity index (χ3v) is 8.18.